The molecule has 11 nitrogen and oxygen atoms in total. The highest BCUT2D eigenvalue weighted by Gasteiger charge is 2.24. The van der Waals surface area contributed by atoms with E-state index < -0.39 is 29.3 Å². The highest BCUT2D eigenvalue weighted by atomic mass is 16.5. The van der Waals surface area contributed by atoms with Crippen molar-refractivity contribution in [2.75, 3.05) is 14.2 Å². The highest BCUT2D eigenvalue weighted by Crippen LogP contribution is 2.43. The molecule has 0 saturated heterocycles. The van der Waals surface area contributed by atoms with Crippen LogP contribution < -0.4 is 5.43 Å². The molecule has 0 bridgehead atoms. The van der Waals surface area contributed by atoms with Crippen molar-refractivity contribution in [3.8, 4) is 28.2 Å². The lowest BCUT2D eigenvalue weighted by atomic mass is 9.88. The molecule has 0 spiro atoms. The standard InChI is InChI=1S/C29H20O11/c1-38-25(32)7-4-14-9-19-23(12-21(14)30)40-24-13-22(31)15(5-8-26(33)39-2)10-20(24)27(19)17-6-3-16(28(34)35)11-18(17)29(36)37/h3-13,30H,1-2H3,(H,34,35)(H,36,37)/b7-4+,8-5+. The lowest BCUT2D eigenvalue weighted by molar-refractivity contribution is -0.135. The number of benzene rings is 3. The third-order valence-electron chi connectivity index (χ3n) is 5.97. The molecule has 0 saturated carbocycles. The summed E-state index contributed by atoms with van der Waals surface area (Å²) in [5, 5.41) is 30.2. The number of carbonyl (C=O) groups is 4. The van der Waals surface area contributed by atoms with Crippen LogP contribution in [0.15, 0.2) is 63.8 Å². The van der Waals surface area contributed by atoms with Gasteiger partial charge in [-0.1, -0.05) is 6.07 Å². The van der Waals surface area contributed by atoms with E-state index in [9.17, 15) is 39.3 Å². The van der Waals surface area contributed by atoms with Gasteiger partial charge in [0.25, 0.3) is 0 Å². The summed E-state index contributed by atoms with van der Waals surface area (Å²) in [7, 11) is 2.35. The summed E-state index contributed by atoms with van der Waals surface area (Å²) in [6, 6.07) is 8.75. The number of rotatable bonds is 7. The van der Waals surface area contributed by atoms with Gasteiger partial charge in [0.2, 0.25) is 0 Å². The van der Waals surface area contributed by atoms with Crippen LogP contribution in [0.25, 0.3) is 45.6 Å². The molecule has 11 heteroatoms. The molecule has 0 fully saturated rings. The van der Waals surface area contributed by atoms with Crippen LogP contribution in [0.5, 0.6) is 5.75 Å². The Balaban J connectivity index is 2.16. The summed E-state index contributed by atoms with van der Waals surface area (Å²) in [6.45, 7) is 0. The molecule has 0 atom stereocenters. The average Bonchev–Trinajstić information content (AvgIpc) is 2.93. The maximum Gasteiger partial charge on any atom is 0.336 e. The predicted molar refractivity (Wildman–Crippen MR) is 142 cm³/mol. The number of phenols is 1. The Kier molecular flexibility index (Phi) is 7.48. The Morgan fingerprint density at radius 3 is 2.05 bits per heavy atom. The maximum absolute atomic E-state index is 12.8. The number of esters is 2. The Bertz CT molecular complexity index is 1790. The van der Waals surface area contributed by atoms with Gasteiger partial charge in [-0.25, -0.2) is 19.2 Å². The SMILES string of the molecule is COC(=O)/C=C/c1cc2c(-c3ccc(C(=O)O)cc3C(=O)O)c3cc(/C=C/C(=O)OC)c(=O)cc-3oc2cc1O. The van der Waals surface area contributed by atoms with Gasteiger partial charge < -0.3 is 29.2 Å². The first-order chi connectivity index (χ1) is 19.0. The topological polar surface area (TPSA) is 178 Å². The minimum atomic E-state index is -1.42. The first-order valence-corrected chi connectivity index (χ1v) is 11.4. The number of ether oxygens (including phenoxy) is 2. The van der Waals surface area contributed by atoms with Crippen LogP contribution in [0.1, 0.15) is 31.8 Å². The van der Waals surface area contributed by atoms with Crippen LogP contribution >= 0.6 is 0 Å². The number of carbonyl (C=O) groups excluding carboxylic acids is 2. The average molecular weight is 544 g/mol. The van der Waals surface area contributed by atoms with Crippen LogP contribution in [0.4, 0.5) is 0 Å². The molecule has 1 aliphatic heterocycles. The van der Waals surface area contributed by atoms with Crippen LogP contribution in [0, 0.1) is 0 Å². The molecular formula is C29H20O11. The third kappa shape index (κ3) is 5.29. The quantitative estimate of drug-likeness (QED) is 0.174. The molecule has 1 aliphatic carbocycles. The molecule has 0 unspecified atom stereocenters. The zero-order valence-corrected chi connectivity index (χ0v) is 21.0. The fraction of sp³-hybridized carbons (Fsp3) is 0.0690. The number of aromatic hydroxyl groups is 1. The molecule has 4 rings (SSSR count). The smallest absolute Gasteiger partial charge is 0.336 e. The summed E-state index contributed by atoms with van der Waals surface area (Å²) in [5.74, 6) is -4.42. The number of phenolic OH excluding ortho intramolecular Hbond substituents is 1. The highest BCUT2D eigenvalue weighted by molar-refractivity contribution is 6.09. The van der Waals surface area contributed by atoms with Gasteiger partial charge in [0.1, 0.15) is 17.1 Å². The van der Waals surface area contributed by atoms with E-state index in [1.165, 1.54) is 56.7 Å². The number of fused-ring (bicyclic) bond motifs is 2. The van der Waals surface area contributed by atoms with Crippen molar-refractivity contribution in [3.63, 3.8) is 0 Å². The van der Waals surface area contributed by atoms with Crippen molar-refractivity contribution < 1.29 is 48.4 Å². The van der Waals surface area contributed by atoms with Gasteiger partial charge in [0, 0.05) is 51.9 Å². The third-order valence-corrected chi connectivity index (χ3v) is 5.97. The molecule has 2 aromatic carbocycles. The summed E-state index contributed by atoms with van der Waals surface area (Å²) >= 11 is 0. The van der Waals surface area contributed by atoms with Crippen molar-refractivity contribution in [2.24, 2.45) is 0 Å². The van der Waals surface area contributed by atoms with E-state index >= 15 is 0 Å². The van der Waals surface area contributed by atoms with Crippen molar-refractivity contribution in [1.29, 1.82) is 0 Å². The predicted octanol–water partition coefficient (Wildman–Crippen LogP) is 4.04. The molecule has 2 aliphatic rings. The van der Waals surface area contributed by atoms with Gasteiger partial charge >= 0.3 is 23.9 Å². The molecule has 0 aromatic heterocycles. The van der Waals surface area contributed by atoms with Gasteiger partial charge in [-0.05, 0) is 42.0 Å². The molecular weight excluding hydrogens is 524 g/mol. The van der Waals surface area contributed by atoms with Gasteiger partial charge in [0.15, 0.2) is 5.43 Å². The van der Waals surface area contributed by atoms with E-state index in [1.807, 2.05) is 0 Å². The molecule has 0 amide bonds. The minimum absolute atomic E-state index is 0.0265. The first kappa shape index (κ1) is 27.3. The Morgan fingerprint density at radius 2 is 1.45 bits per heavy atom. The van der Waals surface area contributed by atoms with Crippen LogP contribution in [0.2, 0.25) is 0 Å². The summed E-state index contributed by atoms with van der Waals surface area (Å²) in [5.41, 5.74) is -0.324. The Labute approximate surface area is 225 Å². The number of aromatic carboxylic acids is 2. The van der Waals surface area contributed by atoms with Crippen molar-refractivity contribution in [3.05, 3.63) is 87.1 Å². The first-order valence-electron chi connectivity index (χ1n) is 11.4. The molecule has 0 radical (unpaired) electrons. The fourth-order valence-electron chi connectivity index (χ4n) is 4.06. The fourth-order valence-corrected chi connectivity index (χ4v) is 4.06. The lowest BCUT2D eigenvalue weighted by Gasteiger charge is -2.18. The van der Waals surface area contributed by atoms with Crippen LogP contribution in [0.3, 0.4) is 0 Å². The molecule has 40 heavy (non-hydrogen) atoms. The van der Waals surface area contributed by atoms with E-state index in [0.717, 1.165) is 24.3 Å². The Hall–Kier alpha value is -5.71. The summed E-state index contributed by atoms with van der Waals surface area (Å²) in [6.07, 6.45) is 4.63. The van der Waals surface area contributed by atoms with E-state index in [0.29, 0.717) is 0 Å². The van der Waals surface area contributed by atoms with Crippen molar-refractivity contribution >= 4 is 47.0 Å². The number of carboxylic acid groups (broad SMARTS) is 2. The Morgan fingerprint density at radius 1 is 0.800 bits per heavy atom. The van der Waals surface area contributed by atoms with Gasteiger partial charge in [0.05, 0.1) is 25.3 Å². The van der Waals surface area contributed by atoms with Crippen LogP contribution in [-0.2, 0) is 19.1 Å². The number of methoxy groups -OCH3 is 2. The van der Waals surface area contributed by atoms with E-state index in [2.05, 4.69) is 9.47 Å². The summed E-state index contributed by atoms with van der Waals surface area (Å²) < 4.78 is 15.1. The van der Waals surface area contributed by atoms with Gasteiger partial charge in [-0.3, -0.25) is 4.79 Å². The molecule has 3 N–H and O–H groups in total. The molecule has 2 aromatic rings. The normalized spacial score (nSPS) is 11.3. The zero-order chi connectivity index (χ0) is 29.1. The summed E-state index contributed by atoms with van der Waals surface area (Å²) in [4.78, 5) is 59.9. The van der Waals surface area contributed by atoms with E-state index in [1.54, 1.807) is 0 Å². The second-order valence-corrected chi connectivity index (χ2v) is 8.35. The van der Waals surface area contributed by atoms with E-state index in [4.69, 9.17) is 4.42 Å². The largest absolute Gasteiger partial charge is 0.507 e. The second-order valence-electron chi connectivity index (χ2n) is 8.35. The second kappa shape index (κ2) is 11.0. The van der Waals surface area contributed by atoms with Crippen molar-refractivity contribution in [1.82, 2.24) is 0 Å². The lowest BCUT2D eigenvalue weighted by Crippen LogP contribution is -2.08. The number of carboxylic acids is 2. The zero-order valence-electron chi connectivity index (χ0n) is 21.0. The van der Waals surface area contributed by atoms with Gasteiger partial charge in [-0.15, -0.1) is 0 Å². The maximum atomic E-state index is 12.8. The monoisotopic (exact) mass is 544 g/mol. The van der Waals surface area contributed by atoms with E-state index in [-0.39, 0.29) is 61.4 Å². The number of hydrogen-bond acceptors (Lipinski definition) is 9. The molecule has 1 heterocycles. The number of hydrogen-bond donors (Lipinski definition) is 3. The molecule has 202 valence electrons. The minimum Gasteiger partial charge on any atom is -0.507 e. The van der Waals surface area contributed by atoms with Crippen LogP contribution in [-0.4, -0.2) is 53.4 Å². The van der Waals surface area contributed by atoms with Crippen molar-refractivity contribution in [2.45, 2.75) is 0 Å². The van der Waals surface area contributed by atoms with Gasteiger partial charge in [-0.2, -0.15) is 0 Å².